The summed E-state index contributed by atoms with van der Waals surface area (Å²) in [6.45, 7) is 0.151. The average molecular weight is 685 g/mol. The van der Waals surface area contributed by atoms with E-state index in [4.69, 9.17) is 38.2 Å². The Morgan fingerprint density at radius 1 is 0.796 bits per heavy atom. The van der Waals surface area contributed by atoms with Crippen LogP contribution in [0.25, 0.3) is 0 Å². The van der Waals surface area contributed by atoms with E-state index in [0.717, 1.165) is 6.07 Å². The van der Waals surface area contributed by atoms with Gasteiger partial charge in [-0.3, -0.25) is 9.59 Å². The molecule has 1 N–H and O–H groups in total. The lowest BCUT2D eigenvalue weighted by atomic mass is 10.0. The maximum Gasteiger partial charge on any atom is 0.453 e. The molecule has 0 bridgehead atoms. The zero-order valence-corrected chi connectivity index (χ0v) is 27.4. The van der Waals surface area contributed by atoms with E-state index in [9.17, 15) is 23.6 Å². The Morgan fingerprint density at radius 3 is 2.10 bits per heavy atom. The third kappa shape index (κ3) is 9.36. The van der Waals surface area contributed by atoms with Gasteiger partial charge in [-0.1, -0.05) is 18.2 Å². The van der Waals surface area contributed by atoms with Crippen molar-refractivity contribution in [2.45, 2.75) is 25.3 Å². The Morgan fingerprint density at radius 2 is 1.45 bits per heavy atom. The number of hydrogen-bond acceptors (Lipinski definition) is 12. The monoisotopic (exact) mass is 684 g/mol. The second-order valence-electron chi connectivity index (χ2n) is 10.7. The molecule has 3 aromatic rings. The van der Waals surface area contributed by atoms with Gasteiger partial charge in [0.1, 0.15) is 17.1 Å². The van der Waals surface area contributed by atoms with E-state index in [1.54, 1.807) is 0 Å². The molecule has 262 valence electrons. The first-order chi connectivity index (χ1) is 23.7. The number of carbonyl (C=O) groups is 4. The Labute approximate surface area is 281 Å². The molecule has 14 nitrogen and oxygen atoms in total. The second-order valence-corrected chi connectivity index (χ2v) is 10.7. The van der Waals surface area contributed by atoms with Gasteiger partial charge in [-0.2, -0.15) is 0 Å². The van der Waals surface area contributed by atoms with Crippen LogP contribution in [0.5, 0.6) is 23.0 Å². The SMILES string of the molecule is COCOc1cccc(F)c1C(=O)c1ccc(C(=O)OOC(=O)N2CCCCC(NC(=O)c3cc(OC)c(OCOC)c(OC)c3)C2)cc1. The number of ketones is 1. The summed E-state index contributed by atoms with van der Waals surface area (Å²) in [6.07, 6.45) is 0.991. The molecule has 1 unspecified atom stereocenters. The van der Waals surface area contributed by atoms with E-state index in [0.29, 0.717) is 25.8 Å². The standard InChI is InChI=1S/C34H37FN2O12/c1-42-19-46-26-10-7-9-25(35)29(26)30(38)21-11-13-22(14-12-21)33(40)48-49-34(41)37-15-6-5-8-24(18-37)36-32(39)23-16-27(44-3)31(47-20-43-2)28(17-23)45-4/h7,9-14,16-17,24H,5-6,8,15,18-20H2,1-4H3,(H,36,39). The number of methoxy groups -OCH3 is 4. The summed E-state index contributed by atoms with van der Waals surface area (Å²) in [5.41, 5.74) is -0.00187. The zero-order chi connectivity index (χ0) is 35.3. The number of likely N-dealkylation sites (tertiary alicyclic amines) is 1. The first-order valence-electron chi connectivity index (χ1n) is 15.1. The zero-order valence-electron chi connectivity index (χ0n) is 27.4. The molecule has 0 aliphatic carbocycles. The number of benzene rings is 3. The van der Waals surface area contributed by atoms with Crippen LogP contribution in [0.1, 0.15) is 55.9 Å². The lowest BCUT2D eigenvalue weighted by Gasteiger charge is -2.24. The summed E-state index contributed by atoms with van der Waals surface area (Å²) in [5.74, 6) is -2.08. The van der Waals surface area contributed by atoms with Crippen LogP contribution in [0.15, 0.2) is 54.6 Å². The van der Waals surface area contributed by atoms with Crippen LogP contribution in [-0.4, -0.2) is 89.8 Å². The first kappa shape index (κ1) is 36.4. The van der Waals surface area contributed by atoms with E-state index in [2.05, 4.69) is 5.32 Å². The van der Waals surface area contributed by atoms with Gasteiger partial charge in [-0.15, -0.1) is 0 Å². The fourth-order valence-electron chi connectivity index (χ4n) is 5.01. The van der Waals surface area contributed by atoms with Crippen molar-refractivity contribution < 1.29 is 61.8 Å². The van der Waals surface area contributed by atoms with Gasteiger partial charge in [0.25, 0.3) is 5.91 Å². The minimum Gasteiger partial charge on any atom is -0.493 e. The minimum atomic E-state index is -0.997. The van der Waals surface area contributed by atoms with Crippen molar-refractivity contribution in [2.75, 3.05) is 55.1 Å². The van der Waals surface area contributed by atoms with Crippen molar-refractivity contribution in [3.05, 3.63) is 82.7 Å². The van der Waals surface area contributed by atoms with Gasteiger partial charge in [-0.05, 0) is 55.7 Å². The third-order valence-electron chi connectivity index (χ3n) is 7.41. The fourth-order valence-corrected chi connectivity index (χ4v) is 5.01. The van der Waals surface area contributed by atoms with Crippen LogP contribution >= 0.6 is 0 Å². The van der Waals surface area contributed by atoms with Crippen molar-refractivity contribution in [1.82, 2.24) is 10.2 Å². The van der Waals surface area contributed by atoms with Crippen LogP contribution in [0.3, 0.4) is 0 Å². The molecule has 4 rings (SSSR count). The predicted octanol–water partition coefficient (Wildman–Crippen LogP) is 4.53. The Hall–Kier alpha value is -5.41. The molecule has 0 aromatic heterocycles. The van der Waals surface area contributed by atoms with Crippen molar-refractivity contribution in [1.29, 1.82) is 0 Å². The average Bonchev–Trinajstić information content (AvgIpc) is 3.36. The molecule has 15 heteroatoms. The summed E-state index contributed by atoms with van der Waals surface area (Å²) in [6, 6.07) is 11.7. The van der Waals surface area contributed by atoms with Crippen LogP contribution in [0.4, 0.5) is 9.18 Å². The largest absolute Gasteiger partial charge is 0.493 e. The number of amides is 2. The highest BCUT2D eigenvalue weighted by Gasteiger charge is 2.27. The van der Waals surface area contributed by atoms with Gasteiger partial charge in [0.2, 0.25) is 5.75 Å². The number of hydrogen-bond donors (Lipinski definition) is 1. The number of nitrogens with zero attached hydrogens (tertiary/aromatic N) is 1. The molecule has 1 fully saturated rings. The smallest absolute Gasteiger partial charge is 0.453 e. The Bertz CT molecular complexity index is 1610. The number of halogens is 1. The van der Waals surface area contributed by atoms with E-state index in [-0.39, 0.29) is 65.4 Å². The van der Waals surface area contributed by atoms with Crippen LogP contribution in [0, 0.1) is 5.82 Å². The van der Waals surface area contributed by atoms with Gasteiger partial charge in [0, 0.05) is 44.5 Å². The highest BCUT2D eigenvalue weighted by atomic mass is 19.1. The van der Waals surface area contributed by atoms with Gasteiger partial charge in [0.05, 0.1) is 19.8 Å². The van der Waals surface area contributed by atoms with Gasteiger partial charge >= 0.3 is 12.1 Å². The lowest BCUT2D eigenvalue weighted by molar-refractivity contribution is -0.192. The normalized spacial score (nSPS) is 14.2. The highest BCUT2D eigenvalue weighted by molar-refractivity contribution is 6.11. The molecule has 3 aromatic carbocycles. The summed E-state index contributed by atoms with van der Waals surface area (Å²) in [7, 11) is 5.71. The molecule has 1 atom stereocenters. The number of carbonyl (C=O) groups excluding carboxylic acids is 4. The molecule has 1 aliphatic heterocycles. The molecule has 0 saturated carbocycles. The molecule has 0 spiro atoms. The van der Waals surface area contributed by atoms with E-state index >= 15 is 0 Å². The van der Waals surface area contributed by atoms with Crippen molar-refractivity contribution in [2.24, 2.45) is 0 Å². The number of rotatable bonds is 13. The minimum absolute atomic E-state index is 0.000471. The molecular formula is C34H37FN2O12. The molecule has 2 amide bonds. The summed E-state index contributed by atoms with van der Waals surface area (Å²) < 4.78 is 45.9. The maximum absolute atomic E-state index is 14.5. The van der Waals surface area contributed by atoms with Gasteiger partial charge in [-0.25, -0.2) is 23.8 Å². The molecule has 0 radical (unpaired) electrons. The topological polar surface area (TPSA) is 157 Å². The van der Waals surface area contributed by atoms with Crippen molar-refractivity contribution in [3.63, 3.8) is 0 Å². The molecule has 1 saturated heterocycles. The summed E-state index contributed by atoms with van der Waals surface area (Å²) >= 11 is 0. The van der Waals surface area contributed by atoms with Gasteiger partial charge in [0.15, 0.2) is 30.9 Å². The molecule has 1 aliphatic rings. The second kappa shape index (κ2) is 17.7. The highest BCUT2D eigenvalue weighted by Crippen LogP contribution is 2.38. The fraction of sp³-hybridized carbons (Fsp3) is 0.353. The van der Waals surface area contributed by atoms with Crippen molar-refractivity contribution >= 4 is 23.8 Å². The van der Waals surface area contributed by atoms with Crippen LogP contribution in [0.2, 0.25) is 0 Å². The summed E-state index contributed by atoms with van der Waals surface area (Å²) in [4.78, 5) is 62.7. The predicted molar refractivity (Wildman–Crippen MR) is 169 cm³/mol. The first-order valence-corrected chi connectivity index (χ1v) is 15.1. The Balaban J connectivity index is 1.35. The molecule has 1 heterocycles. The third-order valence-corrected chi connectivity index (χ3v) is 7.41. The van der Waals surface area contributed by atoms with Crippen LogP contribution < -0.4 is 24.3 Å². The lowest BCUT2D eigenvalue weighted by Crippen LogP contribution is -2.45. The number of ether oxygens (including phenoxy) is 6. The maximum atomic E-state index is 14.5. The summed E-state index contributed by atoms with van der Waals surface area (Å²) in [5, 5.41) is 2.92. The van der Waals surface area contributed by atoms with E-state index < -0.39 is 35.6 Å². The number of nitrogens with one attached hydrogen (secondary N) is 1. The van der Waals surface area contributed by atoms with Crippen LogP contribution in [-0.2, 0) is 19.2 Å². The quantitative estimate of drug-likeness (QED) is 0.116. The van der Waals surface area contributed by atoms with E-state index in [1.807, 2.05) is 0 Å². The van der Waals surface area contributed by atoms with Gasteiger partial charge < -0.3 is 38.6 Å². The Kier molecular flexibility index (Phi) is 13.1. The molecular weight excluding hydrogens is 647 g/mol. The molecule has 49 heavy (non-hydrogen) atoms. The van der Waals surface area contributed by atoms with Crippen molar-refractivity contribution in [3.8, 4) is 23.0 Å². The van der Waals surface area contributed by atoms with E-state index in [1.165, 1.54) is 81.9 Å².